The van der Waals surface area contributed by atoms with Crippen LogP contribution >= 0.6 is 0 Å². The SMILES string of the molecule is O=C(O)c1ccc(O)c(CCc2ccccc2)c1. The third-order valence-electron chi connectivity index (χ3n) is 2.85. The van der Waals surface area contributed by atoms with Crippen molar-refractivity contribution in [1.29, 1.82) is 0 Å². The molecule has 3 heteroatoms. The highest BCUT2D eigenvalue weighted by Crippen LogP contribution is 2.20. The first-order valence-electron chi connectivity index (χ1n) is 5.76. The summed E-state index contributed by atoms with van der Waals surface area (Å²) in [7, 11) is 0. The summed E-state index contributed by atoms with van der Waals surface area (Å²) >= 11 is 0. The van der Waals surface area contributed by atoms with Gasteiger partial charge in [0.25, 0.3) is 0 Å². The fourth-order valence-electron chi connectivity index (χ4n) is 1.84. The average molecular weight is 242 g/mol. The number of carbonyl (C=O) groups is 1. The lowest BCUT2D eigenvalue weighted by Gasteiger charge is -2.06. The minimum atomic E-state index is -0.976. The Hall–Kier alpha value is -2.29. The summed E-state index contributed by atoms with van der Waals surface area (Å²) in [5.41, 5.74) is 2.03. The summed E-state index contributed by atoms with van der Waals surface area (Å²) in [6.07, 6.45) is 1.40. The number of phenols is 1. The Morgan fingerprint density at radius 1 is 1.00 bits per heavy atom. The molecular weight excluding hydrogens is 228 g/mol. The number of rotatable bonds is 4. The number of hydrogen-bond acceptors (Lipinski definition) is 2. The van der Waals surface area contributed by atoms with E-state index in [1.165, 1.54) is 18.2 Å². The number of carboxylic acids is 1. The highest BCUT2D eigenvalue weighted by Gasteiger charge is 2.07. The van der Waals surface area contributed by atoms with E-state index < -0.39 is 5.97 Å². The maximum Gasteiger partial charge on any atom is 0.335 e. The maximum atomic E-state index is 10.9. The second kappa shape index (κ2) is 5.36. The van der Waals surface area contributed by atoms with Crippen molar-refractivity contribution in [2.24, 2.45) is 0 Å². The van der Waals surface area contributed by atoms with Gasteiger partial charge in [-0.3, -0.25) is 0 Å². The van der Waals surface area contributed by atoms with Crippen LogP contribution in [0.1, 0.15) is 21.5 Å². The summed E-state index contributed by atoms with van der Waals surface area (Å²) in [6.45, 7) is 0. The fourth-order valence-corrected chi connectivity index (χ4v) is 1.84. The van der Waals surface area contributed by atoms with Crippen LogP contribution in [0.2, 0.25) is 0 Å². The minimum Gasteiger partial charge on any atom is -0.508 e. The lowest BCUT2D eigenvalue weighted by molar-refractivity contribution is 0.0697. The highest BCUT2D eigenvalue weighted by molar-refractivity contribution is 5.88. The van der Waals surface area contributed by atoms with Gasteiger partial charge in [0.2, 0.25) is 0 Å². The van der Waals surface area contributed by atoms with Crippen molar-refractivity contribution in [2.75, 3.05) is 0 Å². The van der Waals surface area contributed by atoms with Gasteiger partial charge < -0.3 is 10.2 Å². The largest absolute Gasteiger partial charge is 0.508 e. The normalized spacial score (nSPS) is 10.2. The van der Waals surface area contributed by atoms with Crippen LogP contribution in [-0.4, -0.2) is 16.2 Å². The Bertz CT molecular complexity index is 547. The standard InChI is InChI=1S/C15H14O3/c16-14-9-8-13(15(17)18)10-12(14)7-6-11-4-2-1-3-5-11/h1-5,8-10,16H,6-7H2,(H,17,18). The predicted octanol–water partition coefficient (Wildman–Crippen LogP) is 2.88. The molecule has 0 heterocycles. The van der Waals surface area contributed by atoms with Gasteiger partial charge in [-0.15, -0.1) is 0 Å². The zero-order valence-corrected chi connectivity index (χ0v) is 9.84. The number of aryl methyl sites for hydroxylation is 2. The molecule has 0 fully saturated rings. The number of phenolic OH excluding ortho intramolecular Hbond substituents is 1. The van der Waals surface area contributed by atoms with Crippen LogP contribution in [-0.2, 0) is 12.8 Å². The van der Waals surface area contributed by atoms with Gasteiger partial charge in [-0.1, -0.05) is 30.3 Å². The van der Waals surface area contributed by atoms with E-state index in [9.17, 15) is 9.90 Å². The first-order valence-corrected chi connectivity index (χ1v) is 5.76. The molecule has 0 aliphatic rings. The molecule has 0 saturated carbocycles. The van der Waals surface area contributed by atoms with E-state index in [0.717, 1.165) is 12.0 Å². The molecule has 0 unspecified atom stereocenters. The van der Waals surface area contributed by atoms with E-state index in [1.54, 1.807) is 0 Å². The van der Waals surface area contributed by atoms with Crippen molar-refractivity contribution in [3.8, 4) is 5.75 Å². The molecule has 2 N–H and O–H groups in total. The monoisotopic (exact) mass is 242 g/mol. The minimum absolute atomic E-state index is 0.149. The van der Waals surface area contributed by atoms with E-state index in [0.29, 0.717) is 12.0 Å². The van der Waals surface area contributed by atoms with Gasteiger partial charge in [0.15, 0.2) is 0 Å². The topological polar surface area (TPSA) is 57.5 Å². The number of benzene rings is 2. The van der Waals surface area contributed by atoms with Gasteiger partial charge in [0, 0.05) is 0 Å². The molecule has 0 bridgehead atoms. The molecule has 92 valence electrons. The van der Waals surface area contributed by atoms with Gasteiger partial charge in [-0.25, -0.2) is 4.79 Å². The van der Waals surface area contributed by atoms with Crippen LogP contribution in [0.25, 0.3) is 0 Å². The van der Waals surface area contributed by atoms with E-state index in [4.69, 9.17) is 5.11 Å². The Morgan fingerprint density at radius 3 is 2.39 bits per heavy atom. The van der Waals surface area contributed by atoms with Gasteiger partial charge >= 0.3 is 5.97 Å². The average Bonchev–Trinajstić information content (AvgIpc) is 2.38. The zero-order valence-electron chi connectivity index (χ0n) is 9.84. The number of hydrogen-bond donors (Lipinski definition) is 2. The lowest BCUT2D eigenvalue weighted by Crippen LogP contribution is -1.99. The third kappa shape index (κ3) is 2.88. The fraction of sp³-hybridized carbons (Fsp3) is 0.133. The number of aromatic hydroxyl groups is 1. The van der Waals surface area contributed by atoms with Crippen LogP contribution in [0.15, 0.2) is 48.5 Å². The maximum absolute atomic E-state index is 10.9. The summed E-state index contributed by atoms with van der Waals surface area (Å²) in [6, 6.07) is 14.3. The Kier molecular flexibility index (Phi) is 3.63. The second-order valence-corrected chi connectivity index (χ2v) is 4.13. The van der Waals surface area contributed by atoms with E-state index >= 15 is 0 Å². The van der Waals surface area contributed by atoms with Crippen molar-refractivity contribution >= 4 is 5.97 Å². The molecule has 0 atom stereocenters. The lowest BCUT2D eigenvalue weighted by atomic mass is 10.0. The summed E-state index contributed by atoms with van der Waals surface area (Å²) in [5, 5.41) is 18.6. The van der Waals surface area contributed by atoms with Crippen LogP contribution in [0.3, 0.4) is 0 Å². The third-order valence-corrected chi connectivity index (χ3v) is 2.85. The smallest absolute Gasteiger partial charge is 0.335 e. The zero-order chi connectivity index (χ0) is 13.0. The number of aromatic carboxylic acids is 1. The van der Waals surface area contributed by atoms with Crippen LogP contribution in [0, 0.1) is 0 Å². The van der Waals surface area contributed by atoms with Crippen molar-refractivity contribution < 1.29 is 15.0 Å². The van der Waals surface area contributed by atoms with Gasteiger partial charge in [0.05, 0.1) is 5.56 Å². The highest BCUT2D eigenvalue weighted by atomic mass is 16.4. The molecule has 18 heavy (non-hydrogen) atoms. The van der Waals surface area contributed by atoms with Gasteiger partial charge in [0.1, 0.15) is 5.75 Å². The molecule has 2 aromatic carbocycles. The number of carboxylic acid groups (broad SMARTS) is 1. The van der Waals surface area contributed by atoms with Crippen LogP contribution in [0.5, 0.6) is 5.75 Å². The van der Waals surface area contributed by atoms with Crippen molar-refractivity contribution in [3.63, 3.8) is 0 Å². The quantitative estimate of drug-likeness (QED) is 0.866. The molecule has 2 rings (SSSR count). The predicted molar refractivity (Wildman–Crippen MR) is 68.9 cm³/mol. The van der Waals surface area contributed by atoms with E-state index in [2.05, 4.69) is 0 Å². The Morgan fingerprint density at radius 2 is 1.72 bits per heavy atom. The first-order chi connectivity index (χ1) is 8.66. The molecule has 0 spiro atoms. The van der Waals surface area contributed by atoms with Crippen molar-refractivity contribution in [2.45, 2.75) is 12.8 Å². The van der Waals surface area contributed by atoms with Crippen molar-refractivity contribution in [1.82, 2.24) is 0 Å². The molecule has 3 nitrogen and oxygen atoms in total. The van der Waals surface area contributed by atoms with E-state index in [1.807, 2.05) is 30.3 Å². The van der Waals surface area contributed by atoms with Gasteiger partial charge in [-0.2, -0.15) is 0 Å². The molecule has 0 radical (unpaired) electrons. The molecular formula is C15H14O3. The van der Waals surface area contributed by atoms with Crippen LogP contribution in [0.4, 0.5) is 0 Å². The summed E-state index contributed by atoms with van der Waals surface area (Å²) < 4.78 is 0. The molecule has 0 aromatic heterocycles. The molecule has 0 amide bonds. The molecule has 2 aromatic rings. The summed E-state index contributed by atoms with van der Waals surface area (Å²) in [5.74, 6) is -0.827. The first kappa shape index (κ1) is 12.2. The van der Waals surface area contributed by atoms with Gasteiger partial charge in [-0.05, 0) is 42.2 Å². The molecule has 0 aliphatic carbocycles. The summed E-state index contributed by atoms with van der Waals surface area (Å²) in [4.78, 5) is 10.9. The molecule has 0 saturated heterocycles. The van der Waals surface area contributed by atoms with E-state index in [-0.39, 0.29) is 11.3 Å². The van der Waals surface area contributed by atoms with Crippen molar-refractivity contribution in [3.05, 3.63) is 65.2 Å². The Labute approximate surface area is 105 Å². The second-order valence-electron chi connectivity index (χ2n) is 4.13. The Balaban J connectivity index is 2.14. The van der Waals surface area contributed by atoms with Crippen LogP contribution < -0.4 is 0 Å². The molecule has 0 aliphatic heterocycles.